The highest BCUT2D eigenvalue weighted by atomic mass is 79.9. The van der Waals surface area contributed by atoms with Crippen molar-refractivity contribution < 1.29 is 9.90 Å². The molecule has 148 valence electrons. The van der Waals surface area contributed by atoms with Gasteiger partial charge in [-0.15, -0.1) is 5.10 Å². The van der Waals surface area contributed by atoms with Crippen LogP contribution >= 0.6 is 15.9 Å². The molecule has 0 unspecified atom stereocenters. The molecule has 0 saturated carbocycles. The Morgan fingerprint density at radius 2 is 1.73 bits per heavy atom. The molecule has 0 spiro atoms. The second-order valence-corrected chi connectivity index (χ2v) is 7.19. The molecule has 0 radical (unpaired) electrons. The fourth-order valence-electron chi connectivity index (χ4n) is 2.77. The Kier molecular flexibility index (Phi) is 5.67. The maximum absolute atomic E-state index is 12.6. The predicted molar refractivity (Wildman–Crippen MR) is 118 cm³/mol. The molecule has 7 nitrogen and oxygen atoms in total. The van der Waals surface area contributed by atoms with Gasteiger partial charge in [0.05, 0.1) is 11.9 Å². The van der Waals surface area contributed by atoms with Crippen LogP contribution in [0.3, 0.4) is 0 Å². The standard InChI is InChI=1S/C22H16BrN5O2/c23-17-11-12-19(29)16(13-17)14-24-26-22(30)20-25-21(15-7-3-1-4-8-15)28(27-20)18-9-5-2-6-10-18/h1-14,29H,(H,26,30)/b24-14-. The van der Waals surface area contributed by atoms with Crippen molar-refractivity contribution in [3.05, 3.63) is 94.7 Å². The maximum Gasteiger partial charge on any atom is 0.311 e. The van der Waals surface area contributed by atoms with E-state index in [1.54, 1.807) is 16.8 Å². The number of hydrogen-bond donors (Lipinski definition) is 2. The van der Waals surface area contributed by atoms with E-state index in [0.717, 1.165) is 15.7 Å². The van der Waals surface area contributed by atoms with Crippen molar-refractivity contribution in [2.75, 3.05) is 0 Å². The van der Waals surface area contributed by atoms with Gasteiger partial charge in [-0.1, -0.05) is 64.5 Å². The van der Waals surface area contributed by atoms with Gasteiger partial charge in [0.15, 0.2) is 5.82 Å². The first-order valence-electron chi connectivity index (χ1n) is 9.01. The average molecular weight is 462 g/mol. The summed E-state index contributed by atoms with van der Waals surface area (Å²) in [5.41, 5.74) is 4.47. The Morgan fingerprint density at radius 3 is 2.47 bits per heavy atom. The molecule has 0 fully saturated rings. The van der Waals surface area contributed by atoms with E-state index in [-0.39, 0.29) is 11.6 Å². The van der Waals surface area contributed by atoms with E-state index in [9.17, 15) is 9.90 Å². The van der Waals surface area contributed by atoms with Gasteiger partial charge in [0.2, 0.25) is 5.82 Å². The predicted octanol–water partition coefficient (Wildman–Crippen LogP) is 4.17. The van der Waals surface area contributed by atoms with Gasteiger partial charge >= 0.3 is 5.91 Å². The molecule has 4 rings (SSSR count). The zero-order valence-corrected chi connectivity index (χ0v) is 17.2. The summed E-state index contributed by atoms with van der Waals surface area (Å²) in [6, 6.07) is 23.9. The van der Waals surface area contributed by atoms with Crippen molar-refractivity contribution in [2.45, 2.75) is 0 Å². The monoisotopic (exact) mass is 461 g/mol. The molecule has 0 saturated heterocycles. The van der Waals surface area contributed by atoms with Crippen LogP contribution in [0.15, 0.2) is 88.4 Å². The van der Waals surface area contributed by atoms with Gasteiger partial charge < -0.3 is 5.11 Å². The number of hydrazone groups is 1. The summed E-state index contributed by atoms with van der Waals surface area (Å²) in [5, 5.41) is 18.1. The van der Waals surface area contributed by atoms with Crippen LogP contribution in [-0.2, 0) is 0 Å². The summed E-state index contributed by atoms with van der Waals surface area (Å²) in [6.45, 7) is 0. The smallest absolute Gasteiger partial charge is 0.311 e. The van der Waals surface area contributed by atoms with Crippen LogP contribution in [0.1, 0.15) is 16.2 Å². The van der Waals surface area contributed by atoms with Crippen LogP contribution in [0.2, 0.25) is 0 Å². The Bertz CT molecular complexity index is 1150. The van der Waals surface area contributed by atoms with Gasteiger partial charge in [0.25, 0.3) is 0 Å². The number of carbonyl (C=O) groups is 1. The molecule has 0 aliphatic carbocycles. The summed E-state index contributed by atoms with van der Waals surface area (Å²) in [6.07, 6.45) is 1.35. The normalized spacial score (nSPS) is 11.0. The van der Waals surface area contributed by atoms with Gasteiger partial charge in [0, 0.05) is 15.6 Å². The molecular weight excluding hydrogens is 446 g/mol. The van der Waals surface area contributed by atoms with E-state index in [0.29, 0.717) is 11.4 Å². The van der Waals surface area contributed by atoms with Crippen LogP contribution in [0.4, 0.5) is 0 Å². The number of rotatable bonds is 5. The minimum atomic E-state index is -0.562. The van der Waals surface area contributed by atoms with E-state index in [1.807, 2.05) is 60.7 Å². The lowest BCUT2D eigenvalue weighted by molar-refractivity contribution is 0.0945. The highest BCUT2D eigenvalue weighted by molar-refractivity contribution is 9.10. The Labute approximate surface area is 180 Å². The lowest BCUT2D eigenvalue weighted by atomic mass is 10.2. The third-order valence-corrected chi connectivity index (χ3v) is 4.70. The average Bonchev–Trinajstić information content (AvgIpc) is 3.23. The van der Waals surface area contributed by atoms with Gasteiger partial charge in [-0.05, 0) is 30.3 Å². The van der Waals surface area contributed by atoms with Crippen molar-refractivity contribution >= 4 is 28.1 Å². The van der Waals surface area contributed by atoms with Crippen LogP contribution in [0.25, 0.3) is 17.1 Å². The number of aromatic hydroxyl groups is 1. The third kappa shape index (κ3) is 4.28. The Morgan fingerprint density at radius 1 is 1.03 bits per heavy atom. The number of nitrogens with zero attached hydrogens (tertiary/aromatic N) is 4. The molecule has 8 heteroatoms. The van der Waals surface area contributed by atoms with Gasteiger partial charge in [-0.25, -0.2) is 15.1 Å². The highest BCUT2D eigenvalue weighted by Gasteiger charge is 2.18. The topological polar surface area (TPSA) is 92.4 Å². The zero-order valence-electron chi connectivity index (χ0n) is 15.6. The number of aromatic nitrogens is 3. The molecule has 1 amide bonds. The van der Waals surface area contributed by atoms with Crippen LogP contribution in [0, 0.1) is 0 Å². The lowest BCUT2D eigenvalue weighted by Gasteiger charge is -2.05. The van der Waals surface area contributed by atoms with Crippen molar-refractivity contribution in [2.24, 2.45) is 5.10 Å². The molecule has 30 heavy (non-hydrogen) atoms. The molecule has 2 N–H and O–H groups in total. The largest absolute Gasteiger partial charge is 0.507 e. The first-order chi connectivity index (χ1) is 14.6. The van der Waals surface area contributed by atoms with Gasteiger partial charge in [-0.2, -0.15) is 5.10 Å². The molecule has 0 bridgehead atoms. The number of amides is 1. The number of nitrogens with one attached hydrogen (secondary N) is 1. The van der Waals surface area contributed by atoms with E-state index >= 15 is 0 Å². The maximum atomic E-state index is 12.6. The molecule has 0 aliphatic rings. The fourth-order valence-corrected chi connectivity index (χ4v) is 3.15. The number of carbonyl (C=O) groups excluding carboxylic acids is 1. The molecular formula is C22H16BrN5O2. The van der Waals surface area contributed by atoms with Gasteiger partial charge in [-0.3, -0.25) is 4.79 Å². The van der Waals surface area contributed by atoms with E-state index in [1.165, 1.54) is 12.3 Å². The molecule has 1 aromatic heterocycles. The van der Waals surface area contributed by atoms with Crippen molar-refractivity contribution in [1.29, 1.82) is 0 Å². The summed E-state index contributed by atoms with van der Waals surface area (Å²) < 4.78 is 2.40. The number of phenols is 1. The van der Waals surface area contributed by atoms with Crippen LogP contribution in [0.5, 0.6) is 5.75 Å². The quantitative estimate of drug-likeness (QED) is 0.344. The van der Waals surface area contributed by atoms with Crippen molar-refractivity contribution in [3.8, 4) is 22.8 Å². The SMILES string of the molecule is O=C(N/N=C\c1cc(Br)ccc1O)c1nc(-c2ccccc2)n(-c2ccccc2)n1. The highest BCUT2D eigenvalue weighted by Crippen LogP contribution is 2.21. The number of para-hydroxylation sites is 1. The summed E-state index contributed by atoms with van der Waals surface area (Å²) >= 11 is 3.33. The third-order valence-electron chi connectivity index (χ3n) is 4.20. The molecule has 3 aromatic carbocycles. The minimum absolute atomic E-state index is 0.0201. The summed E-state index contributed by atoms with van der Waals surface area (Å²) in [5.74, 6) is 0.00975. The second-order valence-electron chi connectivity index (χ2n) is 6.27. The van der Waals surface area contributed by atoms with E-state index < -0.39 is 5.91 Å². The first kappa shape index (κ1) is 19.5. The van der Waals surface area contributed by atoms with Crippen LogP contribution in [-0.4, -0.2) is 32.0 Å². The Hall–Kier alpha value is -3.78. The fraction of sp³-hybridized carbons (Fsp3) is 0. The zero-order chi connectivity index (χ0) is 20.9. The number of phenolic OH excluding ortho intramolecular Hbond substituents is 1. The van der Waals surface area contributed by atoms with Crippen LogP contribution < -0.4 is 5.43 Å². The van der Waals surface area contributed by atoms with E-state index in [2.05, 4.69) is 36.5 Å². The van der Waals surface area contributed by atoms with Crippen molar-refractivity contribution in [1.82, 2.24) is 20.2 Å². The number of benzene rings is 3. The molecule has 0 atom stereocenters. The second kappa shape index (κ2) is 8.71. The lowest BCUT2D eigenvalue weighted by Crippen LogP contribution is -2.19. The van der Waals surface area contributed by atoms with E-state index in [4.69, 9.17) is 0 Å². The van der Waals surface area contributed by atoms with Crippen molar-refractivity contribution in [3.63, 3.8) is 0 Å². The summed E-state index contributed by atoms with van der Waals surface area (Å²) in [4.78, 5) is 17.0. The number of hydrogen-bond acceptors (Lipinski definition) is 5. The number of halogens is 1. The summed E-state index contributed by atoms with van der Waals surface area (Å²) in [7, 11) is 0. The molecule has 4 aromatic rings. The molecule has 0 aliphatic heterocycles. The van der Waals surface area contributed by atoms with Gasteiger partial charge in [0.1, 0.15) is 5.75 Å². The molecule has 1 heterocycles. The Balaban J connectivity index is 1.62. The minimum Gasteiger partial charge on any atom is -0.507 e. The first-order valence-corrected chi connectivity index (χ1v) is 9.81.